The number of hydrogen-bond acceptors (Lipinski definition) is 3. The Kier molecular flexibility index (Phi) is 5.76. The van der Waals surface area contributed by atoms with E-state index in [1.807, 2.05) is 0 Å². The fourth-order valence-corrected chi connectivity index (χ4v) is 3.39. The summed E-state index contributed by atoms with van der Waals surface area (Å²) in [5.74, 6) is -1.37. The molecule has 0 bridgehead atoms. The molecule has 0 radical (unpaired) electrons. The number of aromatic carboxylic acids is 1. The predicted octanol–water partition coefficient (Wildman–Crippen LogP) is 2.67. The molecule has 2 amide bonds. The molecule has 3 rings (SSSR count). The molecule has 6 nitrogen and oxygen atoms in total. The van der Waals surface area contributed by atoms with Crippen molar-refractivity contribution in [3.05, 3.63) is 70.2 Å². The van der Waals surface area contributed by atoms with Crippen molar-refractivity contribution in [2.75, 3.05) is 13.1 Å². The standard InChI is InChI=1S/C20H19ClN2O4/c21-16-4-2-1-3-15(16)18-19(25)22-11-12-23(18)17(24)10-7-13-5-8-14(9-6-13)20(26)27/h1-6,8-9,18H,7,10-12H2,(H,22,25)(H,26,27)/t18-/m0/s1. The highest BCUT2D eigenvalue weighted by Crippen LogP contribution is 2.29. The molecule has 0 aromatic heterocycles. The van der Waals surface area contributed by atoms with Crippen LogP contribution in [-0.4, -0.2) is 40.9 Å². The van der Waals surface area contributed by atoms with Gasteiger partial charge in [-0.3, -0.25) is 9.59 Å². The van der Waals surface area contributed by atoms with Gasteiger partial charge in [-0.05, 0) is 30.2 Å². The van der Waals surface area contributed by atoms with E-state index in [4.69, 9.17) is 16.7 Å². The number of nitrogens with one attached hydrogen (secondary N) is 1. The van der Waals surface area contributed by atoms with Gasteiger partial charge >= 0.3 is 5.97 Å². The fourth-order valence-electron chi connectivity index (χ4n) is 3.15. The van der Waals surface area contributed by atoms with Crippen LogP contribution in [0.25, 0.3) is 0 Å². The number of halogens is 1. The third kappa shape index (κ3) is 4.28. The molecular formula is C20H19ClN2O4. The summed E-state index contributed by atoms with van der Waals surface area (Å²) in [5.41, 5.74) is 1.68. The number of carbonyl (C=O) groups excluding carboxylic acids is 2. The van der Waals surface area contributed by atoms with Crippen LogP contribution >= 0.6 is 11.6 Å². The van der Waals surface area contributed by atoms with E-state index in [0.29, 0.717) is 30.1 Å². The number of nitrogens with zero attached hydrogens (tertiary/aromatic N) is 1. The lowest BCUT2D eigenvalue weighted by atomic mass is 10.0. The number of amides is 2. The van der Waals surface area contributed by atoms with Gasteiger partial charge in [-0.2, -0.15) is 0 Å². The minimum atomic E-state index is -0.987. The SMILES string of the molecule is O=C(O)c1ccc(CCC(=O)N2CCNC(=O)[C@@H]2c2ccccc2Cl)cc1. The number of carboxylic acids is 1. The largest absolute Gasteiger partial charge is 0.478 e. The van der Waals surface area contributed by atoms with Crippen LogP contribution in [0.15, 0.2) is 48.5 Å². The van der Waals surface area contributed by atoms with Gasteiger partial charge in [0.25, 0.3) is 0 Å². The summed E-state index contributed by atoms with van der Waals surface area (Å²) in [6.45, 7) is 0.817. The van der Waals surface area contributed by atoms with Gasteiger partial charge in [-0.25, -0.2) is 4.79 Å². The summed E-state index contributed by atoms with van der Waals surface area (Å²) in [6, 6.07) is 12.7. The number of carbonyl (C=O) groups is 3. The van der Waals surface area contributed by atoms with E-state index in [-0.39, 0.29) is 23.8 Å². The molecule has 2 aromatic carbocycles. The number of benzene rings is 2. The van der Waals surface area contributed by atoms with Gasteiger partial charge in [-0.15, -0.1) is 0 Å². The Morgan fingerprint density at radius 2 is 1.85 bits per heavy atom. The second-order valence-corrected chi connectivity index (χ2v) is 6.71. The van der Waals surface area contributed by atoms with E-state index < -0.39 is 12.0 Å². The highest BCUT2D eigenvalue weighted by Gasteiger charge is 2.35. The Balaban J connectivity index is 1.72. The zero-order valence-electron chi connectivity index (χ0n) is 14.5. The third-order valence-corrected chi connectivity index (χ3v) is 4.90. The fraction of sp³-hybridized carbons (Fsp3) is 0.250. The quantitative estimate of drug-likeness (QED) is 0.827. The van der Waals surface area contributed by atoms with E-state index in [0.717, 1.165) is 5.56 Å². The average Bonchev–Trinajstić information content (AvgIpc) is 2.67. The van der Waals surface area contributed by atoms with Crippen LogP contribution in [-0.2, 0) is 16.0 Å². The second-order valence-electron chi connectivity index (χ2n) is 6.30. The van der Waals surface area contributed by atoms with Crippen LogP contribution in [0.4, 0.5) is 0 Å². The van der Waals surface area contributed by atoms with Crippen molar-refractivity contribution in [3.8, 4) is 0 Å². The number of rotatable bonds is 5. The molecule has 1 aliphatic heterocycles. The van der Waals surface area contributed by atoms with E-state index in [1.54, 1.807) is 41.3 Å². The van der Waals surface area contributed by atoms with Crippen LogP contribution in [0.3, 0.4) is 0 Å². The Bertz CT molecular complexity index is 867. The number of aryl methyl sites for hydroxylation is 1. The van der Waals surface area contributed by atoms with Gasteiger partial charge in [0.05, 0.1) is 5.56 Å². The topological polar surface area (TPSA) is 86.7 Å². The molecule has 0 aliphatic carbocycles. The van der Waals surface area contributed by atoms with Crippen molar-refractivity contribution in [2.24, 2.45) is 0 Å². The summed E-state index contributed by atoms with van der Waals surface area (Å²) in [5, 5.41) is 12.2. The molecular weight excluding hydrogens is 368 g/mol. The van der Waals surface area contributed by atoms with Crippen LogP contribution in [0.1, 0.15) is 33.9 Å². The van der Waals surface area contributed by atoms with Gasteiger partial charge in [0, 0.05) is 30.1 Å². The monoisotopic (exact) mass is 386 g/mol. The molecule has 0 unspecified atom stereocenters. The zero-order valence-corrected chi connectivity index (χ0v) is 15.3. The molecule has 0 saturated carbocycles. The first kappa shape index (κ1) is 18.9. The first-order valence-electron chi connectivity index (χ1n) is 8.61. The molecule has 7 heteroatoms. The summed E-state index contributed by atoms with van der Waals surface area (Å²) >= 11 is 6.24. The summed E-state index contributed by atoms with van der Waals surface area (Å²) < 4.78 is 0. The van der Waals surface area contributed by atoms with Crippen LogP contribution in [0.2, 0.25) is 5.02 Å². The maximum absolute atomic E-state index is 12.8. The van der Waals surface area contributed by atoms with Crippen molar-refractivity contribution in [2.45, 2.75) is 18.9 Å². The van der Waals surface area contributed by atoms with Crippen molar-refractivity contribution >= 4 is 29.4 Å². The second kappa shape index (κ2) is 8.22. The maximum atomic E-state index is 12.8. The van der Waals surface area contributed by atoms with E-state index in [2.05, 4.69) is 5.32 Å². The first-order chi connectivity index (χ1) is 13.0. The lowest BCUT2D eigenvalue weighted by Gasteiger charge is -2.35. The molecule has 2 aromatic rings. The minimum absolute atomic E-state index is 0.142. The molecule has 1 atom stereocenters. The molecule has 140 valence electrons. The predicted molar refractivity (Wildman–Crippen MR) is 101 cm³/mol. The van der Waals surface area contributed by atoms with Crippen molar-refractivity contribution in [1.29, 1.82) is 0 Å². The Labute approximate surface area is 161 Å². The number of carboxylic acid groups (broad SMARTS) is 1. The van der Waals surface area contributed by atoms with Gasteiger partial charge in [-0.1, -0.05) is 41.9 Å². The molecule has 27 heavy (non-hydrogen) atoms. The van der Waals surface area contributed by atoms with Gasteiger partial charge in [0.1, 0.15) is 6.04 Å². The zero-order chi connectivity index (χ0) is 19.4. The lowest BCUT2D eigenvalue weighted by Crippen LogP contribution is -2.52. The molecule has 1 heterocycles. The van der Waals surface area contributed by atoms with E-state index in [1.165, 1.54) is 12.1 Å². The summed E-state index contributed by atoms with van der Waals surface area (Å²) in [7, 11) is 0. The first-order valence-corrected chi connectivity index (χ1v) is 8.99. The third-order valence-electron chi connectivity index (χ3n) is 4.56. The normalized spacial score (nSPS) is 16.7. The highest BCUT2D eigenvalue weighted by atomic mass is 35.5. The van der Waals surface area contributed by atoms with E-state index >= 15 is 0 Å². The van der Waals surface area contributed by atoms with Crippen molar-refractivity contribution < 1.29 is 19.5 Å². The van der Waals surface area contributed by atoms with Crippen LogP contribution in [0.5, 0.6) is 0 Å². The summed E-state index contributed by atoms with van der Waals surface area (Å²) in [4.78, 5) is 37.7. The van der Waals surface area contributed by atoms with Crippen molar-refractivity contribution in [3.63, 3.8) is 0 Å². The molecule has 1 fully saturated rings. The van der Waals surface area contributed by atoms with Gasteiger partial charge < -0.3 is 15.3 Å². The van der Waals surface area contributed by atoms with Crippen molar-refractivity contribution in [1.82, 2.24) is 10.2 Å². The van der Waals surface area contributed by atoms with Gasteiger partial charge in [0.2, 0.25) is 11.8 Å². The average molecular weight is 387 g/mol. The van der Waals surface area contributed by atoms with Crippen LogP contribution in [0, 0.1) is 0 Å². The Morgan fingerprint density at radius 1 is 1.15 bits per heavy atom. The Morgan fingerprint density at radius 3 is 2.52 bits per heavy atom. The highest BCUT2D eigenvalue weighted by molar-refractivity contribution is 6.31. The molecule has 1 aliphatic rings. The minimum Gasteiger partial charge on any atom is -0.478 e. The summed E-state index contributed by atoms with van der Waals surface area (Å²) in [6.07, 6.45) is 0.687. The molecule has 1 saturated heterocycles. The molecule has 2 N–H and O–H groups in total. The van der Waals surface area contributed by atoms with Crippen LogP contribution < -0.4 is 5.32 Å². The van der Waals surface area contributed by atoms with Gasteiger partial charge in [0.15, 0.2) is 0 Å². The maximum Gasteiger partial charge on any atom is 0.335 e. The number of piperazine rings is 1. The Hall–Kier alpha value is -2.86. The smallest absolute Gasteiger partial charge is 0.335 e. The van der Waals surface area contributed by atoms with E-state index in [9.17, 15) is 14.4 Å². The lowest BCUT2D eigenvalue weighted by molar-refractivity contribution is -0.143. The number of hydrogen-bond donors (Lipinski definition) is 2. The molecule has 0 spiro atoms.